The van der Waals surface area contributed by atoms with Gasteiger partial charge in [0.1, 0.15) is 16.6 Å². The topological polar surface area (TPSA) is 72.0 Å². The van der Waals surface area contributed by atoms with Gasteiger partial charge < -0.3 is 5.32 Å². The highest BCUT2D eigenvalue weighted by Gasteiger charge is 2.24. The number of hydrogen-bond donors (Lipinski definition) is 1. The molecule has 0 unspecified atom stereocenters. The molecule has 4 aromatic rings. The van der Waals surface area contributed by atoms with Gasteiger partial charge in [0.25, 0.3) is 0 Å². The molecule has 0 spiro atoms. The van der Waals surface area contributed by atoms with Crippen LogP contribution in [-0.4, -0.2) is 21.7 Å². The molecule has 5 nitrogen and oxygen atoms in total. The number of Topliss-reactive ketones (excluding diaryl/α,β-unsaturated/α-hetero) is 1. The first kappa shape index (κ1) is 19.8. The van der Waals surface area contributed by atoms with Crippen LogP contribution < -0.4 is 5.32 Å². The van der Waals surface area contributed by atoms with Crippen LogP contribution in [-0.2, 0) is 4.79 Å². The maximum absolute atomic E-state index is 13.3. The van der Waals surface area contributed by atoms with Crippen molar-refractivity contribution in [3.05, 3.63) is 96.3 Å². The average Bonchev–Trinajstić information content (AvgIpc) is 2.78. The molecule has 1 aromatic heterocycles. The summed E-state index contributed by atoms with van der Waals surface area (Å²) in [5, 5.41) is 4.06. The molecule has 0 aliphatic rings. The summed E-state index contributed by atoms with van der Waals surface area (Å²) >= 11 is 1.38. The second kappa shape index (κ2) is 8.88. The first-order valence-corrected chi connectivity index (χ1v) is 10.3. The van der Waals surface area contributed by atoms with Crippen LogP contribution in [0.5, 0.6) is 0 Å². The Hall–Kier alpha value is -3.51. The Bertz CT molecular complexity index is 1210. The highest BCUT2D eigenvalue weighted by atomic mass is 32.2. The van der Waals surface area contributed by atoms with Crippen molar-refractivity contribution < 1.29 is 9.59 Å². The molecule has 4 rings (SSSR count). The van der Waals surface area contributed by atoms with Gasteiger partial charge >= 0.3 is 0 Å². The predicted octanol–water partition coefficient (Wildman–Crippen LogP) is 5.30. The minimum absolute atomic E-state index is 0.0486. The number of para-hydroxylation sites is 1. The molecule has 0 fully saturated rings. The number of benzene rings is 3. The maximum atomic E-state index is 13.3. The zero-order valence-electron chi connectivity index (χ0n) is 16.3. The first-order chi connectivity index (χ1) is 14.6. The van der Waals surface area contributed by atoms with E-state index in [2.05, 4.69) is 15.3 Å². The van der Waals surface area contributed by atoms with Gasteiger partial charge in [0.2, 0.25) is 5.91 Å². The van der Waals surface area contributed by atoms with Crippen molar-refractivity contribution in [3.63, 3.8) is 0 Å². The molecule has 1 amide bonds. The van der Waals surface area contributed by atoms with Crippen molar-refractivity contribution in [2.45, 2.75) is 17.2 Å². The highest BCUT2D eigenvalue weighted by Crippen LogP contribution is 2.38. The van der Waals surface area contributed by atoms with Gasteiger partial charge in [0.05, 0.1) is 5.52 Å². The molecule has 0 saturated heterocycles. The monoisotopic (exact) mass is 413 g/mol. The van der Waals surface area contributed by atoms with Crippen LogP contribution in [0.25, 0.3) is 10.9 Å². The predicted molar refractivity (Wildman–Crippen MR) is 120 cm³/mol. The highest BCUT2D eigenvalue weighted by molar-refractivity contribution is 8.00. The molecule has 148 valence electrons. The molecule has 0 radical (unpaired) electrons. The average molecular weight is 414 g/mol. The summed E-state index contributed by atoms with van der Waals surface area (Å²) in [5.41, 5.74) is 2.84. The molecular formula is C24H19N3O2S. The number of nitrogens with one attached hydrogen (secondary N) is 1. The Morgan fingerprint density at radius 3 is 2.47 bits per heavy atom. The summed E-state index contributed by atoms with van der Waals surface area (Å²) in [6.45, 7) is 1.50. The molecule has 30 heavy (non-hydrogen) atoms. The molecule has 1 atom stereocenters. The number of fused-ring (bicyclic) bond motifs is 1. The van der Waals surface area contributed by atoms with E-state index in [1.165, 1.54) is 25.0 Å². The Labute approximate surface area is 178 Å². The number of hydrogen-bond acceptors (Lipinski definition) is 5. The second-order valence-electron chi connectivity index (χ2n) is 6.73. The first-order valence-electron chi connectivity index (χ1n) is 9.45. The van der Waals surface area contributed by atoms with E-state index in [1.807, 2.05) is 54.6 Å². The molecular weight excluding hydrogens is 394 g/mol. The fourth-order valence-corrected chi connectivity index (χ4v) is 4.20. The molecule has 1 heterocycles. The fourth-order valence-electron chi connectivity index (χ4n) is 3.11. The lowest BCUT2D eigenvalue weighted by Gasteiger charge is -2.17. The van der Waals surface area contributed by atoms with E-state index >= 15 is 0 Å². The van der Waals surface area contributed by atoms with Crippen LogP contribution in [0.1, 0.15) is 28.1 Å². The molecule has 1 N–H and O–H groups in total. The Balaban J connectivity index is 1.67. The fraction of sp³-hybridized carbons (Fsp3) is 0.0833. The lowest BCUT2D eigenvalue weighted by molar-refractivity contribution is -0.115. The van der Waals surface area contributed by atoms with Crippen molar-refractivity contribution in [1.82, 2.24) is 9.97 Å². The number of aromatic nitrogens is 2. The van der Waals surface area contributed by atoms with Crippen LogP contribution in [0.2, 0.25) is 0 Å². The van der Waals surface area contributed by atoms with Crippen molar-refractivity contribution in [3.8, 4) is 0 Å². The Morgan fingerprint density at radius 1 is 0.900 bits per heavy atom. The Kier molecular flexibility index (Phi) is 5.86. The summed E-state index contributed by atoms with van der Waals surface area (Å²) in [4.78, 5) is 33.7. The number of nitrogens with zero attached hydrogens (tertiary/aromatic N) is 2. The third-order valence-corrected chi connectivity index (χ3v) is 5.88. The minimum Gasteiger partial charge on any atom is -0.325 e. The quantitative estimate of drug-likeness (QED) is 0.264. The van der Waals surface area contributed by atoms with Crippen molar-refractivity contribution in [1.29, 1.82) is 0 Å². The SMILES string of the molecule is CC(=O)c1cccc(NC(=O)[C@@H](Sc2ncnc3ccccc23)c2ccccc2)c1. The number of amides is 1. The minimum atomic E-state index is -0.523. The van der Waals surface area contributed by atoms with Crippen LogP contribution in [0.4, 0.5) is 5.69 Å². The molecule has 6 heteroatoms. The van der Waals surface area contributed by atoms with Gasteiger partial charge in [-0.15, -0.1) is 0 Å². The number of thioether (sulfide) groups is 1. The van der Waals surface area contributed by atoms with Gasteiger partial charge in [-0.25, -0.2) is 9.97 Å². The molecule has 0 bridgehead atoms. The van der Waals surface area contributed by atoms with Crippen molar-refractivity contribution in [2.75, 3.05) is 5.32 Å². The molecule has 0 aliphatic heterocycles. The van der Waals surface area contributed by atoms with Gasteiger partial charge in [-0.05, 0) is 30.7 Å². The summed E-state index contributed by atoms with van der Waals surface area (Å²) < 4.78 is 0. The van der Waals surface area contributed by atoms with Crippen LogP contribution in [0, 0.1) is 0 Å². The zero-order chi connectivity index (χ0) is 20.9. The summed E-state index contributed by atoms with van der Waals surface area (Å²) in [5.74, 6) is -0.234. The normalized spacial score (nSPS) is 11.8. The van der Waals surface area contributed by atoms with Crippen LogP contribution in [0.3, 0.4) is 0 Å². The van der Waals surface area contributed by atoms with Gasteiger partial charge in [0, 0.05) is 16.6 Å². The summed E-state index contributed by atoms with van der Waals surface area (Å²) in [6, 6.07) is 24.3. The van der Waals surface area contributed by atoms with Gasteiger partial charge in [-0.1, -0.05) is 72.4 Å². The van der Waals surface area contributed by atoms with E-state index in [9.17, 15) is 9.59 Å². The van der Waals surface area contributed by atoms with Gasteiger partial charge in [0.15, 0.2) is 5.78 Å². The molecule has 0 saturated carbocycles. The second-order valence-corrected chi connectivity index (χ2v) is 7.82. The number of anilines is 1. The number of carbonyl (C=O) groups is 2. The number of ketones is 1. The third kappa shape index (κ3) is 4.39. The van der Waals surface area contributed by atoms with E-state index < -0.39 is 5.25 Å². The van der Waals surface area contributed by atoms with E-state index in [0.717, 1.165) is 21.5 Å². The molecule has 3 aromatic carbocycles. The maximum Gasteiger partial charge on any atom is 0.242 e. The van der Waals surface area contributed by atoms with Crippen LogP contribution in [0.15, 0.2) is 90.2 Å². The Morgan fingerprint density at radius 2 is 1.67 bits per heavy atom. The lowest BCUT2D eigenvalue weighted by atomic mass is 10.1. The number of rotatable bonds is 6. The van der Waals surface area contributed by atoms with E-state index in [-0.39, 0.29) is 11.7 Å². The van der Waals surface area contributed by atoms with Crippen molar-refractivity contribution >= 4 is 40.0 Å². The zero-order valence-corrected chi connectivity index (χ0v) is 17.1. The smallest absolute Gasteiger partial charge is 0.242 e. The third-order valence-electron chi connectivity index (χ3n) is 4.61. The van der Waals surface area contributed by atoms with Gasteiger partial charge in [-0.3, -0.25) is 9.59 Å². The van der Waals surface area contributed by atoms with Crippen molar-refractivity contribution in [2.24, 2.45) is 0 Å². The van der Waals surface area contributed by atoms with E-state index in [0.29, 0.717) is 11.3 Å². The van der Waals surface area contributed by atoms with Gasteiger partial charge in [-0.2, -0.15) is 0 Å². The summed E-state index contributed by atoms with van der Waals surface area (Å²) in [6.07, 6.45) is 1.51. The largest absolute Gasteiger partial charge is 0.325 e. The van der Waals surface area contributed by atoms with E-state index in [1.54, 1.807) is 24.3 Å². The summed E-state index contributed by atoms with van der Waals surface area (Å²) in [7, 11) is 0. The number of carbonyl (C=O) groups excluding carboxylic acids is 2. The molecule has 0 aliphatic carbocycles. The van der Waals surface area contributed by atoms with E-state index in [4.69, 9.17) is 0 Å². The van der Waals surface area contributed by atoms with Crippen LogP contribution >= 0.6 is 11.8 Å². The lowest BCUT2D eigenvalue weighted by Crippen LogP contribution is -2.19. The standard InChI is InChI=1S/C24H19N3O2S/c1-16(28)18-10-7-11-19(14-18)27-23(29)22(17-8-3-2-4-9-17)30-24-20-12-5-6-13-21(20)25-15-26-24/h2-15,22H,1H3,(H,27,29)/t22-/m0/s1.